The van der Waals surface area contributed by atoms with Crippen molar-refractivity contribution >= 4 is 50.1 Å². The van der Waals surface area contributed by atoms with Crippen LogP contribution in [0.2, 0.25) is 0 Å². The maximum Gasteiger partial charge on any atom is 0.262 e. The summed E-state index contributed by atoms with van der Waals surface area (Å²) >= 11 is 1.29. The number of hydrogen-bond acceptors (Lipinski definition) is 6. The summed E-state index contributed by atoms with van der Waals surface area (Å²) in [6.07, 6.45) is 0. The molecule has 0 fully saturated rings. The number of amides is 1. The third-order valence-electron chi connectivity index (χ3n) is 4.51. The molecule has 8 nitrogen and oxygen atoms in total. The van der Waals surface area contributed by atoms with E-state index in [4.69, 9.17) is 4.74 Å². The number of rotatable bonds is 8. The van der Waals surface area contributed by atoms with Gasteiger partial charge in [0.05, 0.1) is 34.5 Å². The van der Waals surface area contributed by atoms with Crippen molar-refractivity contribution < 1.29 is 17.9 Å². The lowest BCUT2D eigenvalue weighted by molar-refractivity contribution is -0.113. The molecule has 10 heteroatoms. The van der Waals surface area contributed by atoms with Crippen molar-refractivity contribution in [1.82, 2.24) is 9.97 Å². The standard InChI is InChI=1S/C22H20N4O4S2/c1-30-20-9-5-4-8-19(20)26-32(28,29)16-12-10-15(11-13-16)23-21(27)14-31-22-24-17-6-2-3-7-18(17)25-22/h2-13,26H,14H2,1H3,(H,23,27)(H,24,25). The summed E-state index contributed by atoms with van der Waals surface area (Å²) in [5, 5.41) is 3.41. The van der Waals surface area contributed by atoms with E-state index < -0.39 is 10.0 Å². The summed E-state index contributed by atoms with van der Waals surface area (Å²) < 4.78 is 33.0. The Morgan fingerprint density at radius 1 is 1.03 bits per heavy atom. The monoisotopic (exact) mass is 468 g/mol. The molecule has 1 heterocycles. The zero-order chi connectivity index (χ0) is 22.6. The number of nitrogens with one attached hydrogen (secondary N) is 3. The molecule has 4 aromatic rings. The lowest BCUT2D eigenvalue weighted by Crippen LogP contribution is -2.15. The molecule has 0 aliphatic carbocycles. The summed E-state index contributed by atoms with van der Waals surface area (Å²) in [5.74, 6) is 0.356. The number of thioether (sulfide) groups is 1. The Bertz CT molecular complexity index is 1320. The van der Waals surface area contributed by atoms with Crippen molar-refractivity contribution in [3.05, 3.63) is 72.8 Å². The Hall–Kier alpha value is -3.50. The molecule has 1 amide bonds. The van der Waals surface area contributed by atoms with Crippen LogP contribution >= 0.6 is 11.8 Å². The van der Waals surface area contributed by atoms with Gasteiger partial charge in [-0.1, -0.05) is 36.0 Å². The minimum absolute atomic E-state index is 0.0676. The predicted molar refractivity (Wildman–Crippen MR) is 126 cm³/mol. The van der Waals surface area contributed by atoms with Gasteiger partial charge in [0.2, 0.25) is 5.91 Å². The first-order chi connectivity index (χ1) is 15.4. The van der Waals surface area contributed by atoms with E-state index in [1.165, 1.54) is 31.0 Å². The number of fused-ring (bicyclic) bond motifs is 1. The number of sulfonamides is 1. The van der Waals surface area contributed by atoms with Crippen LogP contribution in [0, 0.1) is 0 Å². The van der Waals surface area contributed by atoms with Crippen molar-refractivity contribution in [1.29, 1.82) is 0 Å². The maximum absolute atomic E-state index is 12.7. The molecule has 3 aromatic carbocycles. The molecular formula is C22H20N4O4S2. The van der Waals surface area contributed by atoms with Gasteiger partial charge in [0, 0.05) is 5.69 Å². The quantitative estimate of drug-likeness (QED) is 0.336. The lowest BCUT2D eigenvalue weighted by atomic mass is 10.3. The Morgan fingerprint density at radius 3 is 2.50 bits per heavy atom. The van der Waals surface area contributed by atoms with Crippen LogP contribution in [0.15, 0.2) is 82.8 Å². The van der Waals surface area contributed by atoms with E-state index in [-0.39, 0.29) is 16.6 Å². The van der Waals surface area contributed by atoms with Gasteiger partial charge in [-0.25, -0.2) is 13.4 Å². The molecule has 0 aliphatic heterocycles. The SMILES string of the molecule is COc1ccccc1NS(=O)(=O)c1ccc(NC(=O)CSc2nc3ccccc3[nH]2)cc1. The smallest absolute Gasteiger partial charge is 0.262 e. The first-order valence-electron chi connectivity index (χ1n) is 9.58. The Kier molecular flexibility index (Phi) is 6.33. The molecule has 0 saturated heterocycles. The molecule has 0 spiro atoms. The second-order valence-electron chi connectivity index (χ2n) is 6.73. The number of nitrogens with zero attached hydrogens (tertiary/aromatic N) is 1. The fourth-order valence-corrected chi connectivity index (χ4v) is 4.73. The highest BCUT2D eigenvalue weighted by molar-refractivity contribution is 7.99. The Labute approximate surface area is 189 Å². The summed E-state index contributed by atoms with van der Waals surface area (Å²) in [6.45, 7) is 0. The van der Waals surface area contributed by atoms with Crippen LogP contribution in [-0.2, 0) is 14.8 Å². The van der Waals surface area contributed by atoms with Gasteiger partial charge in [0.25, 0.3) is 10.0 Å². The first-order valence-corrected chi connectivity index (χ1v) is 12.0. The number of para-hydroxylation sites is 4. The molecule has 0 radical (unpaired) electrons. The Balaban J connectivity index is 1.36. The molecule has 32 heavy (non-hydrogen) atoms. The van der Waals surface area contributed by atoms with Crippen molar-refractivity contribution in [2.75, 3.05) is 22.9 Å². The average molecular weight is 469 g/mol. The highest BCUT2D eigenvalue weighted by Gasteiger charge is 2.16. The van der Waals surface area contributed by atoms with Crippen LogP contribution < -0.4 is 14.8 Å². The molecule has 0 saturated carbocycles. The summed E-state index contributed by atoms with van der Waals surface area (Å²) in [4.78, 5) is 19.9. The third kappa shape index (κ3) is 5.04. The lowest BCUT2D eigenvalue weighted by Gasteiger charge is -2.12. The van der Waals surface area contributed by atoms with Gasteiger partial charge in [-0.2, -0.15) is 0 Å². The number of H-pyrrole nitrogens is 1. The fraction of sp³-hybridized carbons (Fsp3) is 0.0909. The number of aromatic amines is 1. The van der Waals surface area contributed by atoms with E-state index in [0.29, 0.717) is 22.3 Å². The molecule has 3 N–H and O–H groups in total. The molecular weight excluding hydrogens is 448 g/mol. The van der Waals surface area contributed by atoms with Gasteiger partial charge >= 0.3 is 0 Å². The van der Waals surface area contributed by atoms with Gasteiger partial charge in [0.15, 0.2) is 5.16 Å². The zero-order valence-electron chi connectivity index (χ0n) is 17.0. The first kappa shape index (κ1) is 21.7. The summed E-state index contributed by atoms with van der Waals surface area (Å²) in [6, 6.07) is 20.3. The van der Waals surface area contributed by atoms with Gasteiger partial charge < -0.3 is 15.0 Å². The number of carbonyl (C=O) groups excluding carboxylic acids is 1. The Morgan fingerprint density at radius 2 is 1.75 bits per heavy atom. The van der Waals surface area contributed by atoms with Crippen LogP contribution in [0.4, 0.5) is 11.4 Å². The van der Waals surface area contributed by atoms with E-state index in [0.717, 1.165) is 11.0 Å². The van der Waals surface area contributed by atoms with Crippen molar-refractivity contribution in [2.24, 2.45) is 0 Å². The van der Waals surface area contributed by atoms with Crippen LogP contribution in [0.1, 0.15) is 0 Å². The topological polar surface area (TPSA) is 113 Å². The number of imidazole rings is 1. The van der Waals surface area contributed by atoms with Gasteiger partial charge in [0.1, 0.15) is 5.75 Å². The fourth-order valence-electron chi connectivity index (χ4n) is 2.98. The largest absolute Gasteiger partial charge is 0.495 e. The number of benzene rings is 3. The van der Waals surface area contributed by atoms with Crippen LogP contribution in [-0.4, -0.2) is 37.2 Å². The molecule has 0 atom stereocenters. The van der Waals surface area contributed by atoms with E-state index in [1.54, 1.807) is 36.4 Å². The van der Waals surface area contributed by atoms with E-state index in [1.807, 2.05) is 24.3 Å². The second kappa shape index (κ2) is 9.33. The number of carbonyl (C=O) groups is 1. The number of anilines is 2. The van der Waals surface area contributed by atoms with Crippen molar-refractivity contribution in [3.8, 4) is 5.75 Å². The van der Waals surface area contributed by atoms with Crippen LogP contribution in [0.5, 0.6) is 5.75 Å². The van der Waals surface area contributed by atoms with E-state index in [9.17, 15) is 13.2 Å². The molecule has 1 aromatic heterocycles. The molecule has 164 valence electrons. The zero-order valence-corrected chi connectivity index (χ0v) is 18.7. The van der Waals surface area contributed by atoms with Crippen LogP contribution in [0.25, 0.3) is 11.0 Å². The summed E-state index contributed by atoms with van der Waals surface area (Å²) in [7, 11) is -2.34. The average Bonchev–Trinajstić information content (AvgIpc) is 3.21. The molecule has 0 bridgehead atoms. The summed E-state index contributed by atoms with van der Waals surface area (Å²) in [5.41, 5.74) is 2.59. The molecule has 4 rings (SSSR count). The van der Waals surface area contributed by atoms with Gasteiger partial charge in [-0.05, 0) is 48.5 Å². The maximum atomic E-state index is 12.7. The number of aromatic nitrogens is 2. The number of methoxy groups -OCH3 is 1. The van der Waals surface area contributed by atoms with Gasteiger partial charge in [-0.3, -0.25) is 9.52 Å². The predicted octanol–water partition coefficient (Wildman–Crippen LogP) is 4.10. The normalized spacial score (nSPS) is 11.3. The van der Waals surface area contributed by atoms with Crippen molar-refractivity contribution in [3.63, 3.8) is 0 Å². The molecule has 0 aliphatic rings. The highest BCUT2D eigenvalue weighted by Crippen LogP contribution is 2.26. The second-order valence-corrected chi connectivity index (χ2v) is 9.37. The third-order valence-corrected chi connectivity index (χ3v) is 6.76. The highest BCUT2D eigenvalue weighted by atomic mass is 32.2. The van der Waals surface area contributed by atoms with Crippen LogP contribution in [0.3, 0.4) is 0 Å². The minimum Gasteiger partial charge on any atom is -0.495 e. The van der Waals surface area contributed by atoms with E-state index in [2.05, 4.69) is 20.0 Å². The van der Waals surface area contributed by atoms with E-state index >= 15 is 0 Å². The molecule has 0 unspecified atom stereocenters. The number of ether oxygens (including phenoxy) is 1. The number of hydrogen-bond donors (Lipinski definition) is 3. The van der Waals surface area contributed by atoms with Gasteiger partial charge in [-0.15, -0.1) is 0 Å². The minimum atomic E-state index is -3.81. The van der Waals surface area contributed by atoms with Crippen molar-refractivity contribution in [2.45, 2.75) is 10.1 Å².